The molecule has 4 fully saturated rings. The number of rotatable bonds is 7. The third-order valence-electron chi connectivity index (χ3n) is 10.0. The minimum Gasteiger partial charge on any atom is -0.365 e. The first-order valence-corrected chi connectivity index (χ1v) is 14.8. The van der Waals surface area contributed by atoms with Crippen LogP contribution in [-0.4, -0.2) is 62.6 Å². The van der Waals surface area contributed by atoms with E-state index in [1.807, 2.05) is 0 Å². The lowest BCUT2D eigenvalue weighted by Crippen LogP contribution is -2.58. The van der Waals surface area contributed by atoms with Crippen LogP contribution in [0.5, 0.6) is 0 Å². The first-order valence-electron chi connectivity index (χ1n) is 14.8. The van der Waals surface area contributed by atoms with E-state index in [2.05, 4.69) is 44.5 Å². The number of nitrogens with one attached hydrogen (secondary N) is 3. The molecular formula is C27H37F3N8O2. The fourth-order valence-electron chi connectivity index (χ4n) is 7.38. The molecule has 0 spiro atoms. The average molecular weight is 563 g/mol. The Kier molecular flexibility index (Phi) is 6.28. The van der Waals surface area contributed by atoms with Crippen LogP contribution in [0.1, 0.15) is 65.2 Å². The number of aromatic nitrogens is 4. The summed E-state index contributed by atoms with van der Waals surface area (Å²) in [6.45, 7) is 5.42. The lowest BCUT2D eigenvalue weighted by molar-refractivity contribution is -0.186. The van der Waals surface area contributed by atoms with Crippen molar-refractivity contribution in [2.45, 2.75) is 89.8 Å². The Morgan fingerprint density at radius 3 is 2.58 bits per heavy atom. The van der Waals surface area contributed by atoms with Crippen molar-refractivity contribution in [3.8, 4) is 11.6 Å². The molecule has 0 aromatic carbocycles. The van der Waals surface area contributed by atoms with Crippen LogP contribution in [0.2, 0.25) is 0 Å². The van der Waals surface area contributed by atoms with E-state index in [0.29, 0.717) is 54.6 Å². The molecule has 0 radical (unpaired) electrons. The third kappa shape index (κ3) is 4.63. The molecule has 3 saturated carbocycles. The molecule has 218 valence electrons. The summed E-state index contributed by atoms with van der Waals surface area (Å²) in [6, 6.07) is -1.36. The number of hydrogen-bond donors (Lipinski definition) is 3. The summed E-state index contributed by atoms with van der Waals surface area (Å²) in [7, 11) is 0. The van der Waals surface area contributed by atoms with Gasteiger partial charge in [0.05, 0.1) is 0 Å². The average Bonchev–Trinajstić information content (AvgIpc) is 3.17. The van der Waals surface area contributed by atoms with E-state index in [9.17, 15) is 18.0 Å². The highest BCUT2D eigenvalue weighted by Gasteiger charge is 2.64. The summed E-state index contributed by atoms with van der Waals surface area (Å²) in [5, 5.41) is 10.7. The van der Waals surface area contributed by atoms with Crippen molar-refractivity contribution in [3.63, 3.8) is 0 Å². The molecule has 2 aromatic heterocycles. The van der Waals surface area contributed by atoms with Gasteiger partial charge >= 0.3 is 11.9 Å². The molecule has 2 aromatic rings. The number of alkyl halides is 3. The molecule has 10 nitrogen and oxygen atoms in total. The fraction of sp³-hybridized carbons (Fsp3) is 0.778. The molecule has 7 rings (SSSR count). The van der Waals surface area contributed by atoms with Crippen molar-refractivity contribution in [1.29, 1.82) is 0 Å². The fourth-order valence-corrected chi connectivity index (χ4v) is 7.38. The Hall–Kier alpha value is -2.83. The van der Waals surface area contributed by atoms with Crippen LogP contribution < -0.4 is 21.3 Å². The van der Waals surface area contributed by atoms with Gasteiger partial charge < -0.3 is 15.5 Å². The lowest BCUT2D eigenvalue weighted by Gasteiger charge is -2.41. The molecule has 40 heavy (non-hydrogen) atoms. The van der Waals surface area contributed by atoms with Crippen LogP contribution in [0.4, 0.5) is 30.5 Å². The highest BCUT2D eigenvalue weighted by atomic mass is 19.4. The van der Waals surface area contributed by atoms with Gasteiger partial charge in [0.1, 0.15) is 11.7 Å². The highest BCUT2D eigenvalue weighted by molar-refractivity contribution is 5.84. The number of piperidine rings is 1. The molecule has 4 unspecified atom stereocenters. The topological polar surface area (TPSA) is 115 Å². The predicted molar refractivity (Wildman–Crippen MR) is 143 cm³/mol. The van der Waals surface area contributed by atoms with Crippen LogP contribution in [0, 0.1) is 29.6 Å². The van der Waals surface area contributed by atoms with Crippen molar-refractivity contribution >= 4 is 17.3 Å². The van der Waals surface area contributed by atoms with Gasteiger partial charge in [-0.3, -0.25) is 14.4 Å². The molecule has 2 aliphatic heterocycles. The third-order valence-corrected chi connectivity index (χ3v) is 10.0. The van der Waals surface area contributed by atoms with Crippen LogP contribution >= 0.6 is 0 Å². The van der Waals surface area contributed by atoms with Gasteiger partial charge in [0.2, 0.25) is 11.6 Å². The van der Waals surface area contributed by atoms with E-state index in [1.54, 1.807) is 4.90 Å². The lowest BCUT2D eigenvalue weighted by atomic mass is 9.80. The second-order valence-electron chi connectivity index (χ2n) is 12.8. The molecule has 4 heterocycles. The van der Waals surface area contributed by atoms with Crippen LogP contribution in [0.3, 0.4) is 0 Å². The Morgan fingerprint density at radius 2 is 1.93 bits per heavy atom. The number of aromatic amines is 1. The summed E-state index contributed by atoms with van der Waals surface area (Å²) in [4.78, 5) is 27.3. The van der Waals surface area contributed by atoms with E-state index < -0.39 is 24.3 Å². The van der Waals surface area contributed by atoms with Crippen molar-refractivity contribution in [2.24, 2.45) is 29.6 Å². The smallest absolute Gasteiger partial charge is 0.365 e. The van der Waals surface area contributed by atoms with Crippen LogP contribution in [0.25, 0.3) is 11.6 Å². The van der Waals surface area contributed by atoms with Gasteiger partial charge in [-0.25, -0.2) is 14.8 Å². The zero-order valence-corrected chi connectivity index (χ0v) is 22.9. The maximum Gasteiger partial charge on any atom is 0.439 e. The Labute approximate surface area is 230 Å². The first kappa shape index (κ1) is 26.1. The van der Waals surface area contributed by atoms with Gasteiger partial charge in [-0.1, -0.05) is 31.3 Å². The Morgan fingerprint density at radius 1 is 1.15 bits per heavy atom. The molecule has 5 aliphatic rings. The van der Waals surface area contributed by atoms with Crippen molar-refractivity contribution in [2.75, 3.05) is 28.6 Å². The van der Waals surface area contributed by atoms with Gasteiger partial charge in [0.25, 0.3) is 0 Å². The second-order valence-corrected chi connectivity index (χ2v) is 12.8. The van der Waals surface area contributed by atoms with Gasteiger partial charge in [-0.05, 0) is 68.6 Å². The van der Waals surface area contributed by atoms with Gasteiger partial charge in [-0.15, -0.1) is 0 Å². The number of likely N-dealkylation sites (tertiary alicyclic amines) is 1. The summed E-state index contributed by atoms with van der Waals surface area (Å²) >= 11 is 0. The standard InChI is InChI=1S/C27H37F3N8O2/c1-13-6-8-15(9-7-13)11-37-19-21(31-14(2)16-4-3-5-16)32-23(24-35-26(39)40-36-24)33-22(19)34-25(37)38-12-17-10-18(17)20(38)27(28,29)30/h13-18,20,25H,3-12H2,1-2H3,(H,35,36,39)(H2,31,32,33,34)/t13-,14-,15-,17?,18?,20?,25?/m1/s1. The molecule has 5 atom stereocenters. The van der Waals surface area contributed by atoms with E-state index >= 15 is 0 Å². The SMILES string of the molecule is C[C@@H](Nc1nc(-c2noc(=O)[nH]2)nc2c1N(C[C@H]1CC[C@H](C)CC1)C(N1CC3CC3C1C(F)(F)F)N2)C1CCC1. The molecule has 3 N–H and O–H groups in total. The van der Waals surface area contributed by atoms with Gasteiger partial charge in [0, 0.05) is 19.1 Å². The summed E-state index contributed by atoms with van der Waals surface area (Å²) < 4.78 is 47.9. The number of H-pyrrole nitrogens is 1. The quantitative estimate of drug-likeness (QED) is 0.444. The number of hydrogen-bond acceptors (Lipinski definition) is 9. The molecule has 13 heteroatoms. The maximum absolute atomic E-state index is 14.4. The summed E-state index contributed by atoms with van der Waals surface area (Å²) in [5.41, 5.74) is 0.700. The van der Waals surface area contributed by atoms with Crippen LogP contribution in [0.15, 0.2) is 9.32 Å². The van der Waals surface area contributed by atoms with Gasteiger partial charge in [-0.2, -0.15) is 13.2 Å². The van der Waals surface area contributed by atoms with E-state index in [0.717, 1.165) is 38.5 Å². The molecule has 1 saturated heterocycles. The Balaban J connectivity index is 1.29. The predicted octanol–water partition coefficient (Wildman–Crippen LogP) is 4.64. The van der Waals surface area contributed by atoms with Gasteiger partial charge in [0.15, 0.2) is 17.9 Å². The number of nitrogens with zero attached hydrogens (tertiary/aromatic N) is 5. The Bertz CT molecular complexity index is 1300. The number of fused-ring (bicyclic) bond motifs is 2. The largest absolute Gasteiger partial charge is 0.439 e. The molecule has 3 aliphatic carbocycles. The molecular weight excluding hydrogens is 525 g/mol. The van der Waals surface area contributed by atoms with E-state index in [-0.39, 0.29) is 29.5 Å². The summed E-state index contributed by atoms with van der Waals surface area (Å²) in [5.74, 6) is 1.80. The maximum atomic E-state index is 14.4. The van der Waals surface area contributed by atoms with Crippen molar-refractivity contribution in [1.82, 2.24) is 25.0 Å². The number of anilines is 3. The van der Waals surface area contributed by atoms with Crippen molar-refractivity contribution in [3.05, 3.63) is 10.6 Å². The minimum absolute atomic E-state index is 0.0765. The zero-order chi connectivity index (χ0) is 27.8. The summed E-state index contributed by atoms with van der Waals surface area (Å²) in [6.07, 6.45) is 3.43. The normalized spacial score (nSPS) is 32.8. The van der Waals surface area contributed by atoms with Crippen molar-refractivity contribution < 1.29 is 17.7 Å². The highest BCUT2D eigenvalue weighted by Crippen LogP contribution is 2.56. The first-order chi connectivity index (χ1) is 19.2. The second kappa shape index (κ2) is 9.63. The molecule has 0 bridgehead atoms. The van der Waals surface area contributed by atoms with E-state index in [1.165, 1.54) is 6.42 Å². The molecule has 0 amide bonds. The zero-order valence-electron chi connectivity index (χ0n) is 22.9. The van der Waals surface area contributed by atoms with E-state index in [4.69, 9.17) is 9.51 Å². The number of halogens is 3. The minimum atomic E-state index is -4.31. The van der Waals surface area contributed by atoms with Crippen LogP contribution in [-0.2, 0) is 0 Å². The monoisotopic (exact) mass is 562 g/mol.